The number of nitrogens with zero attached hydrogens (tertiary/aromatic N) is 4. The lowest BCUT2D eigenvalue weighted by Crippen LogP contribution is -2.56. The summed E-state index contributed by atoms with van der Waals surface area (Å²) >= 11 is 0. The van der Waals surface area contributed by atoms with Crippen LogP contribution in [-0.4, -0.2) is 114 Å². The number of aryl methyl sites for hydroxylation is 1. The van der Waals surface area contributed by atoms with Gasteiger partial charge in [-0.25, -0.2) is 9.97 Å². The molecule has 4 aromatic rings. The van der Waals surface area contributed by atoms with Gasteiger partial charge in [0.2, 0.25) is 23.6 Å². The van der Waals surface area contributed by atoms with E-state index in [4.69, 9.17) is 26.2 Å². The summed E-state index contributed by atoms with van der Waals surface area (Å²) in [6, 6.07) is 13.9. The van der Waals surface area contributed by atoms with Gasteiger partial charge in [-0.2, -0.15) is 5.26 Å². The average Bonchev–Trinajstić information content (AvgIpc) is 3.25. The van der Waals surface area contributed by atoms with E-state index < -0.39 is 60.3 Å². The van der Waals surface area contributed by atoms with E-state index in [2.05, 4.69) is 31.2 Å². The summed E-state index contributed by atoms with van der Waals surface area (Å²) in [6.07, 6.45) is 2.58. The Hall–Kier alpha value is -6.94. The molecule has 9 N–H and O–H groups in total. The maximum absolute atomic E-state index is 14.4. The molecule has 0 saturated carbocycles. The number of aliphatic hydroxyl groups is 1. The SMILES string of the molecule is Cc1ccc(-c2ncc(C(=O)N[C@@H](CO)C(=O)N(C)[C@@H]3C(=O)N[C@@H](C)C(=O)N[C@H](C(=O)NCC#N)Cc4ccc(OCCN)c(c4)-c4cc3ccc4OCCN)cn2)cc1. The molecule has 2 heterocycles. The average molecular weight is 821 g/mol. The number of fused-ring (bicyclic) bond motifs is 5. The summed E-state index contributed by atoms with van der Waals surface area (Å²) in [5.74, 6) is -2.68. The van der Waals surface area contributed by atoms with Crippen LogP contribution in [0.1, 0.15) is 40.0 Å². The van der Waals surface area contributed by atoms with Gasteiger partial charge in [0.15, 0.2) is 5.82 Å². The standard InChI is InChI=1S/C42H48N10O8/c1-24-4-7-27(8-5-24)37-47-21-29(22-48-37)39(55)51-33(23-53)42(58)52(3)36-28-9-11-35(60-17-14-45)31(20-28)30-18-26(6-10-34(30)59-16-13-44)19-32(40(56)46-15-12-43)50-38(54)25(2)49-41(36)57/h4-11,18,20-22,25,32-33,36,53H,13-17,19,23,44-45H2,1-3H3,(H,46,56)(H,49,57)(H,50,54)(H,51,55)/t25-,32-,33-,36-/m0/s1. The second-order valence-corrected chi connectivity index (χ2v) is 14.0. The molecule has 18 heteroatoms. The van der Waals surface area contributed by atoms with Crippen LogP contribution in [0.4, 0.5) is 0 Å². The van der Waals surface area contributed by atoms with Crippen LogP contribution in [0.5, 0.6) is 11.5 Å². The van der Waals surface area contributed by atoms with Gasteiger partial charge in [-0.05, 0) is 49.2 Å². The topological polar surface area (TPSA) is 277 Å². The van der Waals surface area contributed by atoms with Gasteiger partial charge < -0.3 is 52.2 Å². The number of amides is 5. The van der Waals surface area contributed by atoms with Crippen molar-refractivity contribution in [1.82, 2.24) is 36.1 Å². The van der Waals surface area contributed by atoms with Gasteiger partial charge in [-0.15, -0.1) is 0 Å². The molecule has 60 heavy (non-hydrogen) atoms. The van der Waals surface area contributed by atoms with Crippen LogP contribution in [0.2, 0.25) is 0 Å². The molecule has 314 valence electrons. The van der Waals surface area contributed by atoms with Crippen molar-refractivity contribution in [3.05, 3.63) is 95.3 Å². The predicted molar refractivity (Wildman–Crippen MR) is 219 cm³/mol. The van der Waals surface area contributed by atoms with E-state index in [-0.39, 0.29) is 50.4 Å². The van der Waals surface area contributed by atoms with Crippen molar-refractivity contribution in [3.63, 3.8) is 0 Å². The van der Waals surface area contributed by atoms with E-state index in [1.165, 1.54) is 26.4 Å². The number of likely N-dealkylation sites (N-methyl/N-ethyl adjacent to an activating group) is 1. The molecule has 4 bridgehead atoms. The third-order valence-corrected chi connectivity index (χ3v) is 9.56. The van der Waals surface area contributed by atoms with Crippen molar-refractivity contribution >= 4 is 29.5 Å². The molecule has 18 nitrogen and oxygen atoms in total. The molecule has 0 spiro atoms. The van der Waals surface area contributed by atoms with Crippen molar-refractivity contribution in [2.75, 3.05) is 46.5 Å². The zero-order valence-electron chi connectivity index (χ0n) is 33.4. The third kappa shape index (κ3) is 10.8. The molecule has 5 amide bonds. The zero-order valence-corrected chi connectivity index (χ0v) is 33.4. The number of ether oxygens (including phenoxy) is 2. The first-order chi connectivity index (χ1) is 28.9. The van der Waals surface area contributed by atoms with Crippen molar-refractivity contribution < 1.29 is 38.6 Å². The highest BCUT2D eigenvalue weighted by Gasteiger charge is 2.36. The third-order valence-electron chi connectivity index (χ3n) is 9.56. The van der Waals surface area contributed by atoms with Crippen LogP contribution < -0.4 is 42.2 Å². The summed E-state index contributed by atoms with van der Waals surface area (Å²) < 4.78 is 12.1. The fraction of sp³-hybridized carbons (Fsp3) is 0.333. The van der Waals surface area contributed by atoms with Crippen LogP contribution in [0, 0.1) is 18.3 Å². The molecule has 0 fully saturated rings. The number of nitrogens with two attached hydrogens (primary N) is 2. The number of carbonyl (C=O) groups is 5. The van der Waals surface area contributed by atoms with Crippen LogP contribution in [0.25, 0.3) is 22.5 Å². The number of aliphatic hydroxyl groups excluding tert-OH is 1. The minimum Gasteiger partial charge on any atom is -0.492 e. The Bertz CT molecular complexity index is 2230. The summed E-state index contributed by atoms with van der Waals surface area (Å²) in [6.45, 7) is 2.82. The Morgan fingerprint density at radius 3 is 2.20 bits per heavy atom. The monoisotopic (exact) mass is 820 g/mol. The lowest BCUT2D eigenvalue weighted by molar-refractivity contribution is -0.142. The summed E-state index contributed by atoms with van der Waals surface area (Å²) in [4.78, 5) is 78.4. The molecule has 3 aromatic carbocycles. The van der Waals surface area contributed by atoms with E-state index in [9.17, 15) is 29.1 Å². The number of nitrogens with one attached hydrogen (secondary N) is 4. The molecule has 0 unspecified atom stereocenters. The normalized spacial score (nSPS) is 16.8. The fourth-order valence-corrected chi connectivity index (χ4v) is 6.43. The van der Waals surface area contributed by atoms with Gasteiger partial charge in [-0.3, -0.25) is 24.0 Å². The second-order valence-electron chi connectivity index (χ2n) is 14.0. The van der Waals surface area contributed by atoms with Gasteiger partial charge in [0, 0.05) is 55.6 Å². The number of aromatic nitrogens is 2. The molecule has 0 aliphatic carbocycles. The number of hydrogen-bond donors (Lipinski definition) is 7. The quantitative estimate of drug-likeness (QED) is 0.0843. The van der Waals surface area contributed by atoms with Gasteiger partial charge >= 0.3 is 0 Å². The minimum atomic E-state index is -1.53. The molecule has 5 rings (SSSR count). The first-order valence-corrected chi connectivity index (χ1v) is 19.1. The number of carbonyl (C=O) groups excluding carboxylic acids is 5. The Labute approximate surface area is 346 Å². The zero-order chi connectivity index (χ0) is 43.3. The van der Waals surface area contributed by atoms with Crippen LogP contribution in [0.15, 0.2) is 73.1 Å². The predicted octanol–water partition coefficient (Wildman–Crippen LogP) is 0.270. The molecular formula is C42H48N10O8. The molecule has 4 atom stereocenters. The van der Waals surface area contributed by atoms with Gasteiger partial charge in [-0.1, -0.05) is 42.0 Å². The lowest BCUT2D eigenvalue weighted by atomic mass is 9.93. The van der Waals surface area contributed by atoms with Gasteiger partial charge in [0.1, 0.15) is 55.4 Å². The van der Waals surface area contributed by atoms with Crippen LogP contribution in [-0.2, 0) is 25.6 Å². The first-order valence-electron chi connectivity index (χ1n) is 19.1. The van der Waals surface area contributed by atoms with E-state index in [1.54, 1.807) is 36.4 Å². The number of hydrogen-bond acceptors (Lipinski definition) is 13. The van der Waals surface area contributed by atoms with E-state index >= 15 is 0 Å². The maximum Gasteiger partial charge on any atom is 0.255 e. The summed E-state index contributed by atoms with van der Waals surface area (Å²) in [5, 5.41) is 29.8. The molecule has 0 radical (unpaired) electrons. The lowest BCUT2D eigenvalue weighted by Gasteiger charge is -2.32. The molecular weight excluding hydrogens is 773 g/mol. The number of rotatable bonds is 14. The molecule has 1 aliphatic rings. The van der Waals surface area contributed by atoms with Crippen molar-refractivity contribution in [3.8, 4) is 40.1 Å². The number of nitriles is 1. The van der Waals surface area contributed by atoms with Crippen molar-refractivity contribution in [1.29, 1.82) is 5.26 Å². The molecule has 0 saturated heterocycles. The van der Waals surface area contributed by atoms with E-state index in [0.29, 0.717) is 34.0 Å². The summed E-state index contributed by atoms with van der Waals surface area (Å²) in [7, 11) is 1.32. The van der Waals surface area contributed by atoms with E-state index in [1.807, 2.05) is 37.3 Å². The number of benzene rings is 3. The highest BCUT2D eigenvalue weighted by atomic mass is 16.5. The minimum absolute atomic E-state index is 0.0103. The Kier molecular flexibility index (Phi) is 15.2. The summed E-state index contributed by atoms with van der Waals surface area (Å²) in [5.41, 5.74) is 15.1. The van der Waals surface area contributed by atoms with Gasteiger partial charge in [0.05, 0.1) is 18.2 Å². The fourth-order valence-electron chi connectivity index (χ4n) is 6.43. The highest BCUT2D eigenvalue weighted by Crippen LogP contribution is 2.40. The van der Waals surface area contributed by atoms with E-state index in [0.717, 1.165) is 16.0 Å². The van der Waals surface area contributed by atoms with Crippen molar-refractivity contribution in [2.45, 2.75) is 44.4 Å². The van der Waals surface area contributed by atoms with Crippen LogP contribution in [0.3, 0.4) is 0 Å². The smallest absolute Gasteiger partial charge is 0.255 e. The Morgan fingerprint density at radius 1 is 0.950 bits per heavy atom. The second kappa shape index (κ2) is 20.7. The first kappa shape index (κ1) is 44.2. The van der Waals surface area contributed by atoms with Gasteiger partial charge in [0.25, 0.3) is 5.91 Å². The Balaban J connectivity index is 1.55. The maximum atomic E-state index is 14.4. The largest absolute Gasteiger partial charge is 0.492 e. The highest BCUT2D eigenvalue weighted by molar-refractivity contribution is 5.99. The van der Waals surface area contributed by atoms with Crippen molar-refractivity contribution in [2.24, 2.45) is 11.5 Å². The van der Waals surface area contributed by atoms with Crippen LogP contribution >= 0.6 is 0 Å². The Morgan fingerprint density at radius 2 is 1.58 bits per heavy atom. The molecule has 1 aromatic heterocycles. The molecule has 1 aliphatic heterocycles.